The number of hydrogen-bond acceptors (Lipinski definition) is 2. The smallest absolute Gasteiger partial charge is 0.306 e. The summed E-state index contributed by atoms with van der Waals surface area (Å²) >= 11 is 3.39. The van der Waals surface area contributed by atoms with E-state index in [4.69, 9.17) is 0 Å². The highest BCUT2D eigenvalue weighted by Crippen LogP contribution is 2.18. The van der Waals surface area contributed by atoms with Crippen molar-refractivity contribution in [3.8, 4) is 0 Å². The van der Waals surface area contributed by atoms with Crippen molar-refractivity contribution >= 4 is 27.6 Å². The Morgan fingerprint density at radius 2 is 1.67 bits per heavy atom. The maximum atomic E-state index is 11.9. The monoisotopic (exact) mass is 347 g/mol. The van der Waals surface area contributed by atoms with E-state index in [1.807, 2.05) is 56.3 Å². The molecule has 2 amide bonds. The second-order valence-corrected chi connectivity index (χ2v) is 5.74. The molecule has 0 aliphatic heterocycles. The highest BCUT2D eigenvalue weighted by atomic mass is 79.9. The van der Waals surface area contributed by atoms with Gasteiger partial charge in [0.1, 0.15) is 0 Å². The number of aryl methyl sites for hydroxylation is 2. The Labute approximate surface area is 133 Å². The minimum absolute atomic E-state index is 0.274. The molecule has 0 radical (unpaired) electrons. The lowest BCUT2D eigenvalue weighted by atomic mass is 10.1. The molecule has 5 heteroatoms. The van der Waals surface area contributed by atoms with Crippen molar-refractivity contribution in [2.45, 2.75) is 20.4 Å². The van der Waals surface area contributed by atoms with E-state index in [1.165, 1.54) is 0 Å². The Kier molecular flexibility index (Phi) is 5.36. The van der Waals surface area contributed by atoms with Crippen molar-refractivity contribution < 1.29 is 4.79 Å². The number of carbonyl (C=O) groups excluding carboxylic acids is 1. The van der Waals surface area contributed by atoms with Crippen molar-refractivity contribution in [3.63, 3.8) is 0 Å². The van der Waals surface area contributed by atoms with Crippen molar-refractivity contribution in [1.29, 1.82) is 0 Å². The second-order valence-electron chi connectivity index (χ2n) is 4.83. The van der Waals surface area contributed by atoms with Gasteiger partial charge in [0, 0.05) is 16.7 Å². The summed E-state index contributed by atoms with van der Waals surface area (Å²) < 4.78 is 1.03. The predicted octanol–water partition coefficient (Wildman–Crippen LogP) is 3.89. The van der Waals surface area contributed by atoms with Crippen LogP contribution >= 0.6 is 15.9 Å². The normalized spacial score (nSPS) is 10.2. The third-order valence-corrected chi connectivity index (χ3v) is 3.66. The number of hydrogen-bond donors (Lipinski definition) is 3. The van der Waals surface area contributed by atoms with E-state index in [9.17, 15) is 4.79 Å². The Morgan fingerprint density at radius 3 is 2.29 bits per heavy atom. The highest BCUT2D eigenvalue weighted by molar-refractivity contribution is 9.10. The van der Waals surface area contributed by atoms with E-state index in [1.54, 1.807) is 0 Å². The third kappa shape index (κ3) is 4.58. The first kappa shape index (κ1) is 15.5. The minimum atomic E-state index is -0.274. The lowest BCUT2D eigenvalue weighted by molar-refractivity contribution is 0.247. The number of anilines is 1. The molecule has 0 fully saturated rings. The molecule has 0 aliphatic carbocycles. The number of para-hydroxylation sites is 1. The SMILES string of the molecule is Cc1cccc(C)c1NC(=O)NNCc1ccc(Br)cc1. The molecular formula is C16H18BrN3O. The number of benzene rings is 2. The molecule has 0 bridgehead atoms. The zero-order valence-electron chi connectivity index (χ0n) is 12.0. The maximum absolute atomic E-state index is 11.9. The molecule has 2 aromatic carbocycles. The topological polar surface area (TPSA) is 53.2 Å². The van der Waals surface area contributed by atoms with Crippen LogP contribution < -0.4 is 16.2 Å². The van der Waals surface area contributed by atoms with Gasteiger partial charge in [-0.15, -0.1) is 0 Å². The Bertz CT molecular complexity index is 606. The summed E-state index contributed by atoms with van der Waals surface area (Å²) in [4.78, 5) is 11.9. The zero-order valence-corrected chi connectivity index (χ0v) is 13.6. The van der Waals surface area contributed by atoms with E-state index in [0.29, 0.717) is 6.54 Å². The van der Waals surface area contributed by atoms with E-state index in [2.05, 4.69) is 32.1 Å². The van der Waals surface area contributed by atoms with E-state index < -0.39 is 0 Å². The summed E-state index contributed by atoms with van der Waals surface area (Å²) in [5, 5.41) is 2.85. The lowest BCUT2D eigenvalue weighted by Gasteiger charge is -2.13. The standard InChI is InChI=1S/C16H18BrN3O/c1-11-4-3-5-12(2)15(11)19-16(21)20-18-10-13-6-8-14(17)9-7-13/h3-9,18H,10H2,1-2H3,(H2,19,20,21). The molecule has 0 atom stereocenters. The van der Waals surface area contributed by atoms with Gasteiger partial charge in [0.15, 0.2) is 0 Å². The van der Waals surface area contributed by atoms with Crippen LogP contribution in [0.25, 0.3) is 0 Å². The molecule has 0 saturated heterocycles. The van der Waals surface area contributed by atoms with Crippen LogP contribution in [0.3, 0.4) is 0 Å². The summed E-state index contributed by atoms with van der Waals surface area (Å²) in [5.74, 6) is 0. The van der Waals surface area contributed by atoms with Gasteiger partial charge >= 0.3 is 6.03 Å². The molecule has 0 heterocycles. The number of halogens is 1. The number of amides is 2. The largest absolute Gasteiger partial charge is 0.333 e. The first-order valence-corrected chi connectivity index (χ1v) is 7.46. The molecule has 0 saturated carbocycles. The van der Waals surface area contributed by atoms with E-state index in [-0.39, 0.29) is 6.03 Å². The molecule has 4 nitrogen and oxygen atoms in total. The van der Waals surface area contributed by atoms with Crippen molar-refractivity contribution in [2.24, 2.45) is 0 Å². The van der Waals surface area contributed by atoms with Crippen molar-refractivity contribution in [1.82, 2.24) is 10.9 Å². The number of carbonyl (C=O) groups is 1. The summed E-state index contributed by atoms with van der Waals surface area (Å²) in [5.41, 5.74) is 9.56. The molecule has 2 aromatic rings. The van der Waals surface area contributed by atoms with Gasteiger partial charge in [0.05, 0.1) is 0 Å². The van der Waals surface area contributed by atoms with Gasteiger partial charge in [-0.3, -0.25) is 5.43 Å². The van der Waals surface area contributed by atoms with Gasteiger partial charge in [0.25, 0.3) is 0 Å². The molecular weight excluding hydrogens is 330 g/mol. The average molecular weight is 348 g/mol. The van der Waals surface area contributed by atoms with Crippen LogP contribution in [-0.2, 0) is 6.54 Å². The number of nitrogens with one attached hydrogen (secondary N) is 3. The Morgan fingerprint density at radius 1 is 1.05 bits per heavy atom. The molecule has 3 N–H and O–H groups in total. The number of hydrazine groups is 1. The van der Waals surface area contributed by atoms with Crippen LogP contribution in [0.15, 0.2) is 46.9 Å². The fraction of sp³-hybridized carbons (Fsp3) is 0.188. The fourth-order valence-corrected chi connectivity index (χ4v) is 2.25. The van der Waals surface area contributed by atoms with Crippen LogP contribution in [0, 0.1) is 13.8 Å². The number of rotatable bonds is 4. The van der Waals surface area contributed by atoms with Crippen LogP contribution in [0.5, 0.6) is 0 Å². The summed E-state index contributed by atoms with van der Waals surface area (Å²) in [6.07, 6.45) is 0. The molecule has 0 aromatic heterocycles. The van der Waals surface area contributed by atoms with Crippen LogP contribution in [0.2, 0.25) is 0 Å². The molecule has 0 spiro atoms. The van der Waals surface area contributed by atoms with Crippen LogP contribution in [-0.4, -0.2) is 6.03 Å². The predicted molar refractivity (Wildman–Crippen MR) is 89.1 cm³/mol. The highest BCUT2D eigenvalue weighted by Gasteiger charge is 2.06. The zero-order chi connectivity index (χ0) is 15.2. The molecule has 2 rings (SSSR count). The first-order valence-electron chi connectivity index (χ1n) is 6.67. The summed E-state index contributed by atoms with van der Waals surface area (Å²) in [6, 6.07) is 13.5. The number of urea groups is 1. The van der Waals surface area contributed by atoms with Gasteiger partial charge in [-0.2, -0.15) is 0 Å². The molecule has 110 valence electrons. The van der Waals surface area contributed by atoms with Crippen LogP contribution in [0.4, 0.5) is 10.5 Å². The van der Waals surface area contributed by atoms with Gasteiger partial charge < -0.3 is 5.32 Å². The van der Waals surface area contributed by atoms with Gasteiger partial charge in [0.2, 0.25) is 0 Å². The summed E-state index contributed by atoms with van der Waals surface area (Å²) in [6.45, 7) is 4.50. The Hall–Kier alpha value is -1.85. The minimum Gasteiger partial charge on any atom is -0.306 e. The first-order chi connectivity index (χ1) is 10.1. The van der Waals surface area contributed by atoms with E-state index in [0.717, 1.165) is 26.9 Å². The molecule has 21 heavy (non-hydrogen) atoms. The molecule has 0 unspecified atom stereocenters. The fourth-order valence-electron chi connectivity index (χ4n) is 1.99. The van der Waals surface area contributed by atoms with Crippen molar-refractivity contribution in [3.05, 3.63) is 63.6 Å². The average Bonchev–Trinajstić information content (AvgIpc) is 2.45. The van der Waals surface area contributed by atoms with E-state index >= 15 is 0 Å². The third-order valence-electron chi connectivity index (χ3n) is 3.13. The Balaban J connectivity index is 1.84. The van der Waals surface area contributed by atoms with Gasteiger partial charge in [-0.25, -0.2) is 10.2 Å². The van der Waals surface area contributed by atoms with Gasteiger partial charge in [-0.1, -0.05) is 46.3 Å². The molecule has 0 aliphatic rings. The quantitative estimate of drug-likeness (QED) is 0.734. The maximum Gasteiger partial charge on any atom is 0.333 e. The second kappa shape index (κ2) is 7.24. The lowest BCUT2D eigenvalue weighted by Crippen LogP contribution is -2.40. The van der Waals surface area contributed by atoms with Crippen LogP contribution in [0.1, 0.15) is 16.7 Å². The van der Waals surface area contributed by atoms with Gasteiger partial charge in [-0.05, 0) is 42.7 Å². The van der Waals surface area contributed by atoms with Crippen molar-refractivity contribution in [2.75, 3.05) is 5.32 Å². The summed E-state index contributed by atoms with van der Waals surface area (Å²) in [7, 11) is 0.